The number of hydrogen-bond acceptors (Lipinski definition) is 2. The molecule has 292 valence electrons. The summed E-state index contributed by atoms with van der Waals surface area (Å²) in [7, 11) is 0. The minimum absolute atomic E-state index is 0.297. The topological polar surface area (TPSA) is 12.5 Å². The molecule has 0 fully saturated rings. The van der Waals surface area contributed by atoms with Gasteiger partial charge in [0.1, 0.15) is 11.5 Å². The highest BCUT2D eigenvalue weighted by Gasteiger charge is 2.53. The van der Waals surface area contributed by atoms with Gasteiger partial charge in [0, 0.05) is 32.9 Å². The first-order valence-corrected chi connectivity index (χ1v) is 21.7. The zero-order valence-corrected chi connectivity index (χ0v) is 34.6. The van der Waals surface area contributed by atoms with Gasteiger partial charge in [0.05, 0.1) is 22.5 Å². The average molecular weight is 792 g/mol. The molecule has 10 aromatic carbocycles. The molecule has 1 aliphatic carbocycles. The summed E-state index contributed by atoms with van der Waals surface area (Å²) < 4.78 is 7.27. The van der Waals surface area contributed by atoms with Crippen LogP contribution in [0.25, 0.3) is 54.9 Å². The van der Waals surface area contributed by atoms with Crippen molar-refractivity contribution in [2.24, 2.45) is 0 Å². The van der Waals surface area contributed by atoms with Gasteiger partial charge < -0.3 is 9.64 Å². The number of nitrogens with zero attached hydrogens (tertiary/aromatic N) is 1. The average Bonchev–Trinajstić information content (AvgIpc) is 3.63. The molecule has 10 aromatic rings. The van der Waals surface area contributed by atoms with Gasteiger partial charge in [-0.3, -0.25) is 0 Å². The molecule has 2 aliphatic heterocycles. The van der Waals surface area contributed by atoms with Crippen LogP contribution < -0.4 is 9.64 Å². The summed E-state index contributed by atoms with van der Waals surface area (Å²) in [6, 6.07) is 78.5. The van der Waals surface area contributed by atoms with Crippen LogP contribution in [0.15, 0.2) is 212 Å². The van der Waals surface area contributed by atoms with Crippen LogP contribution >= 0.6 is 0 Å². The van der Waals surface area contributed by atoms with Gasteiger partial charge >= 0.3 is 0 Å². The molecule has 3 aliphatic rings. The Morgan fingerprint density at radius 1 is 0.355 bits per heavy atom. The highest BCUT2D eigenvalue weighted by atomic mass is 16.5. The lowest BCUT2D eigenvalue weighted by Gasteiger charge is -2.43. The van der Waals surface area contributed by atoms with Crippen molar-refractivity contribution in [2.45, 2.75) is 24.7 Å². The summed E-state index contributed by atoms with van der Waals surface area (Å²) in [5, 5.41) is 4.57. The van der Waals surface area contributed by atoms with Crippen LogP contribution in [-0.4, -0.2) is 0 Å². The Labute approximate surface area is 362 Å². The molecule has 2 heteroatoms. The minimum Gasteiger partial charge on any atom is -0.455 e. The van der Waals surface area contributed by atoms with E-state index < -0.39 is 5.41 Å². The Morgan fingerprint density at radius 3 is 1.44 bits per heavy atom. The number of benzene rings is 10. The van der Waals surface area contributed by atoms with E-state index >= 15 is 0 Å². The van der Waals surface area contributed by atoms with Crippen molar-refractivity contribution in [1.29, 1.82) is 0 Å². The lowest BCUT2D eigenvalue weighted by Crippen LogP contribution is -2.33. The van der Waals surface area contributed by atoms with Crippen LogP contribution in [0.2, 0.25) is 0 Å². The molecule has 0 aromatic heterocycles. The predicted octanol–water partition coefficient (Wildman–Crippen LogP) is 15.9. The van der Waals surface area contributed by atoms with E-state index in [1.54, 1.807) is 0 Å². The lowest BCUT2D eigenvalue weighted by atomic mass is 9.65. The monoisotopic (exact) mass is 791 g/mol. The smallest absolute Gasteiger partial charge is 0.140 e. The molecule has 0 bridgehead atoms. The second-order valence-electron chi connectivity index (χ2n) is 17.6. The van der Waals surface area contributed by atoms with Crippen LogP contribution in [0.1, 0.15) is 47.2 Å². The third kappa shape index (κ3) is 4.69. The van der Waals surface area contributed by atoms with Crippen molar-refractivity contribution < 1.29 is 4.74 Å². The highest BCUT2D eigenvalue weighted by molar-refractivity contribution is 6.04. The first kappa shape index (κ1) is 35.1. The summed E-state index contributed by atoms with van der Waals surface area (Å²) in [5.41, 5.74) is 17.5. The minimum atomic E-state index is -0.645. The zero-order valence-electron chi connectivity index (χ0n) is 34.6. The largest absolute Gasteiger partial charge is 0.455 e. The molecule has 0 saturated carbocycles. The number of hydrogen-bond donors (Lipinski definition) is 0. The Hall–Kier alpha value is -7.68. The van der Waals surface area contributed by atoms with E-state index in [1.807, 2.05) is 0 Å². The molecular formula is C60H41NO. The van der Waals surface area contributed by atoms with E-state index in [-0.39, 0.29) is 5.41 Å². The van der Waals surface area contributed by atoms with E-state index in [0.717, 1.165) is 22.3 Å². The summed E-state index contributed by atoms with van der Waals surface area (Å²) >= 11 is 0. The fourth-order valence-electron chi connectivity index (χ4n) is 11.2. The normalized spacial score (nSPS) is 14.6. The molecule has 2 heterocycles. The van der Waals surface area contributed by atoms with Crippen molar-refractivity contribution in [3.8, 4) is 44.9 Å². The van der Waals surface area contributed by atoms with Gasteiger partial charge in [0.2, 0.25) is 0 Å². The molecule has 62 heavy (non-hydrogen) atoms. The van der Waals surface area contributed by atoms with E-state index in [4.69, 9.17) is 4.74 Å². The number of rotatable bonds is 3. The third-order valence-electron chi connectivity index (χ3n) is 14.1. The van der Waals surface area contributed by atoms with Crippen LogP contribution in [0.3, 0.4) is 0 Å². The van der Waals surface area contributed by atoms with Gasteiger partial charge in [-0.2, -0.15) is 0 Å². The molecule has 2 nitrogen and oxygen atoms in total. The zero-order chi connectivity index (χ0) is 41.2. The van der Waals surface area contributed by atoms with Gasteiger partial charge in [-0.25, -0.2) is 0 Å². The van der Waals surface area contributed by atoms with Crippen LogP contribution in [0.5, 0.6) is 11.5 Å². The Morgan fingerprint density at radius 2 is 0.855 bits per heavy atom. The van der Waals surface area contributed by atoms with Crippen LogP contribution in [0, 0.1) is 0 Å². The van der Waals surface area contributed by atoms with Crippen molar-refractivity contribution >= 4 is 38.6 Å². The van der Waals surface area contributed by atoms with Gasteiger partial charge in [0.25, 0.3) is 0 Å². The summed E-state index contributed by atoms with van der Waals surface area (Å²) in [6.07, 6.45) is 0. The standard InChI is InChI=1S/C60H41NO/c1-59(2)51-36-42(38-16-5-3-6-17-38)30-34-53(51)61(54-35-31-43(37-52(54)59)39-18-7-4-8-19-39)55-27-15-26-48-56(55)46-24-13-14-25-47(46)60(48)49-32-28-40-20-9-11-22-44(40)57(49)62-58-45-23-12-10-21-41(45)29-33-50(58)60/h3-37H,1-2H3. The van der Waals surface area contributed by atoms with Crippen LogP contribution in [0.4, 0.5) is 17.1 Å². The Kier molecular flexibility index (Phi) is 7.31. The van der Waals surface area contributed by atoms with E-state index in [0.29, 0.717) is 0 Å². The summed E-state index contributed by atoms with van der Waals surface area (Å²) in [4.78, 5) is 2.57. The maximum absolute atomic E-state index is 7.27. The van der Waals surface area contributed by atoms with Crippen molar-refractivity contribution in [2.75, 3.05) is 4.90 Å². The summed E-state index contributed by atoms with van der Waals surface area (Å²) in [5.74, 6) is 1.86. The maximum Gasteiger partial charge on any atom is 0.140 e. The number of ether oxygens (including phenoxy) is 1. The molecule has 0 radical (unpaired) electrons. The van der Waals surface area contributed by atoms with Crippen LogP contribution in [-0.2, 0) is 10.8 Å². The fourth-order valence-corrected chi connectivity index (χ4v) is 11.2. The second kappa shape index (κ2) is 12.9. The van der Waals surface area contributed by atoms with E-state index in [2.05, 4.69) is 231 Å². The highest BCUT2D eigenvalue weighted by Crippen LogP contribution is 2.66. The maximum atomic E-state index is 7.27. The fraction of sp³-hybridized carbons (Fsp3) is 0.0667. The Balaban J connectivity index is 1.13. The molecule has 0 saturated heterocycles. The molecule has 1 spiro atoms. The SMILES string of the molecule is CC1(C)c2cc(-c3ccccc3)ccc2N(c2cccc3c2-c2ccccc2C32c3ccc4ccccc4c3Oc3c2ccc2ccccc32)c2ccc(-c3ccccc3)cc21. The van der Waals surface area contributed by atoms with Crippen molar-refractivity contribution in [1.82, 2.24) is 0 Å². The van der Waals surface area contributed by atoms with E-state index in [9.17, 15) is 0 Å². The Bertz CT molecular complexity index is 3290. The molecule has 0 unspecified atom stereocenters. The predicted molar refractivity (Wildman–Crippen MR) is 257 cm³/mol. The van der Waals surface area contributed by atoms with Gasteiger partial charge in [-0.05, 0) is 91.2 Å². The first-order chi connectivity index (χ1) is 30.5. The molecule has 0 amide bonds. The van der Waals surface area contributed by atoms with Crippen molar-refractivity contribution in [3.05, 3.63) is 246 Å². The molecule has 0 atom stereocenters. The summed E-state index contributed by atoms with van der Waals surface area (Å²) in [6.45, 7) is 4.80. The van der Waals surface area contributed by atoms with Gasteiger partial charge in [-0.15, -0.1) is 0 Å². The lowest BCUT2D eigenvalue weighted by molar-refractivity contribution is 0.447. The second-order valence-corrected chi connectivity index (χ2v) is 17.6. The molecule has 0 N–H and O–H groups in total. The quantitative estimate of drug-likeness (QED) is 0.177. The third-order valence-corrected chi connectivity index (χ3v) is 14.1. The molecular weight excluding hydrogens is 751 g/mol. The van der Waals surface area contributed by atoms with Gasteiger partial charge in [-0.1, -0.05) is 196 Å². The van der Waals surface area contributed by atoms with Crippen molar-refractivity contribution in [3.63, 3.8) is 0 Å². The van der Waals surface area contributed by atoms with E-state index in [1.165, 1.54) is 94.6 Å². The number of fused-ring (bicyclic) bond motifs is 15. The molecule has 13 rings (SSSR count). The van der Waals surface area contributed by atoms with Gasteiger partial charge in [0.15, 0.2) is 0 Å². The first-order valence-electron chi connectivity index (χ1n) is 21.7. The number of anilines is 3.